The molecule has 0 aliphatic heterocycles. The zero-order valence-corrected chi connectivity index (χ0v) is 12.7. The van der Waals surface area contributed by atoms with E-state index in [4.69, 9.17) is 0 Å². The summed E-state index contributed by atoms with van der Waals surface area (Å²) in [7, 11) is 0. The van der Waals surface area contributed by atoms with Gasteiger partial charge >= 0.3 is 0 Å². The molecule has 5 heteroatoms. The van der Waals surface area contributed by atoms with Crippen LogP contribution in [0, 0.1) is 0 Å². The molecular weight excluding hydrogens is 310 g/mol. The van der Waals surface area contributed by atoms with Crippen LogP contribution in [-0.4, -0.2) is 28.9 Å². The van der Waals surface area contributed by atoms with Gasteiger partial charge in [-0.2, -0.15) is 0 Å². The second-order valence-electron chi connectivity index (χ2n) is 4.45. The minimum atomic E-state index is -0.949. The first-order valence-electron chi connectivity index (χ1n) is 6.22. The molecule has 0 radical (unpaired) electrons. The number of carbonyl (C=O) groups is 2. The van der Waals surface area contributed by atoms with Crippen LogP contribution >= 0.6 is 15.9 Å². The van der Waals surface area contributed by atoms with E-state index in [1.165, 1.54) is 0 Å². The molecule has 2 N–H and O–H groups in total. The third-order valence-corrected chi connectivity index (χ3v) is 3.74. The van der Waals surface area contributed by atoms with Gasteiger partial charge in [0.2, 0.25) is 5.78 Å². The number of rotatable bonds is 6. The summed E-state index contributed by atoms with van der Waals surface area (Å²) in [6, 6.07) is 6.57. The van der Waals surface area contributed by atoms with Crippen molar-refractivity contribution in [3.05, 3.63) is 34.3 Å². The molecule has 0 aliphatic carbocycles. The minimum Gasteiger partial charge on any atom is -0.388 e. The van der Waals surface area contributed by atoms with E-state index in [0.717, 1.165) is 4.47 Å². The Hall–Kier alpha value is -1.20. The quantitative estimate of drug-likeness (QED) is 0.622. The number of Topliss-reactive ketones (excluding diaryl/α,β-unsaturated/α-hetero) is 1. The maximum atomic E-state index is 11.8. The average molecular weight is 328 g/mol. The fourth-order valence-corrected chi connectivity index (χ4v) is 1.82. The zero-order valence-electron chi connectivity index (χ0n) is 11.1. The van der Waals surface area contributed by atoms with Crippen molar-refractivity contribution in [1.29, 1.82) is 0 Å². The molecule has 1 amide bonds. The molecule has 4 nitrogen and oxygen atoms in total. The van der Waals surface area contributed by atoms with Crippen molar-refractivity contribution in [2.45, 2.75) is 32.3 Å². The lowest BCUT2D eigenvalue weighted by Crippen LogP contribution is -2.44. The lowest BCUT2D eigenvalue weighted by Gasteiger charge is -2.25. The van der Waals surface area contributed by atoms with E-state index in [9.17, 15) is 14.7 Å². The number of nitrogens with one attached hydrogen (secondary N) is 1. The highest BCUT2D eigenvalue weighted by molar-refractivity contribution is 9.10. The van der Waals surface area contributed by atoms with E-state index < -0.39 is 17.3 Å². The molecule has 0 unspecified atom stereocenters. The Bertz CT molecular complexity index is 452. The first kappa shape index (κ1) is 15.9. The highest BCUT2D eigenvalue weighted by Crippen LogP contribution is 2.13. The molecular formula is C14H18BrNO3. The molecule has 1 rings (SSSR count). The van der Waals surface area contributed by atoms with Gasteiger partial charge in [-0.25, -0.2) is 0 Å². The van der Waals surface area contributed by atoms with Gasteiger partial charge in [0.25, 0.3) is 5.91 Å². The summed E-state index contributed by atoms with van der Waals surface area (Å²) >= 11 is 3.26. The molecule has 0 atom stereocenters. The maximum Gasteiger partial charge on any atom is 0.292 e. The molecule has 0 saturated heterocycles. The van der Waals surface area contributed by atoms with Crippen LogP contribution in [0.3, 0.4) is 0 Å². The average Bonchev–Trinajstić information content (AvgIpc) is 2.44. The first-order valence-corrected chi connectivity index (χ1v) is 7.01. The topological polar surface area (TPSA) is 66.4 Å². The number of hydrogen-bond donors (Lipinski definition) is 2. The van der Waals surface area contributed by atoms with Gasteiger partial charge in [0.15, 0.2) is 0 Å². The summed E-state index contributed by atoms with van der Waals surface area (Å²) in [6.45, 7) is 3.76. The van der Waals surface area contributed by atoms with Crippen molar-refractivity contribution in [2.24, 2.45) is 0 Å². The predicted molar refractivity (Wildman–Crippen MR) is 77.0 cm³/mol. The Morgan fingerprint density at radius 3 is 2.21 bits per heavy atom. The molecule has 0 aliphatic rings. The fourth-order valence-electron chi connectivity index (χ4n) is 1.56. The van der Waals surface area contributed by atoms with Gasteiger partial charge in [-0.15, -0.1) is 0 Å². The Morgan fingerprint density at radius 1 is 1.21 bits per heavy atom. The van der Waals surface area contributed by atoms with Crippen molar-refractivity contribution in [1.82, 2.24) is 5.32 Å². The van der Waals surface area contributed by atoms with Crippen LogP contribution in [0.1, 0.15) is 37.0 Å². The van der Waals surface area contributed by atoms with Crippen molar-refractivity contribution >= 4 is 27.6 Å². The van der Waals surface area contributed by atoms with Crippen LogP contribution in [-0.2, 0) is 4.79 Å². The number of amides is 1. The minimum absolute atomic E-state index is 0.0844. The summed E-state index contributed by atoms with van der Waals surface area (Å²) in [5.74, 6) is -1.29. The monoisotopic (exact) mass is 327 g/mol. The Morgan fingerprint density at radius 2 is 1.74 bits per heavy atom. The summed E-state index contributed by atoms with van der Waals surface area (Å²) in [4.78, 5) is 23.6. The van der Waals surface area contributed by atoms with E-state index in [-0.39, 0.29) is 6.54 Å². The van der Waals surface area contributed by atoms with Crippen LogP contribution in [0.5, 0.6) is 0 Å². The second kappa shape index (κ2) is 6.82. The SMILES string of the molecule is CCC(O)(CC)CNC(=O)C(=O)c1ccc(Br)cc1. The fraction of sp³-hybridized carbons (Fsp3) is 0.429. The van der Waals surface area contributed by atoms with Crippen molar-refractivity contribution in [3.63, 3.8) is 0 Å². The number of aliphatic hydroxyl groups is 1. The second-order valence-corrected chi connectivity index (χ2v) is 5.37. The predicted octanol–water partition coefficient (Wildman–Crippen LogP) is 2.30. The van der Waals surface area contributed by atoms with Gasteiger partial charge in [0.05, 0.1) is 5.60 Å². The number of hydrogen-bond acceptors (Lipinski definition) is 3. The molecule has 19 heavy (non-hydrogen) atoms. The Balaban J connectivity index is 2.63. The van der Waals surface area contributed by atoms with Gasteiger partial charge < -0.3 is 10.4 Å². The van der Waals surface area contributed by atoms with E-state index in [0.29, 0.717) is 18.4 Å². The highest BCUT2D eigenvalue weighted by Gasteiger charge is 2.24. The standard InChI is InChI=1S/C14H18BrNO3/c1-3-14(19,4-2)9-16-13(18)12(17)10-5-7-11(15)8-6-10/h5-8,19H,3-4,9H2,1-2H3,(H,16,18). The van der Waals surface area contributed by atoms with Gasteiger partial charge in [-0.1, -0.05) is 29.8 Å². The third-order valence-electron chi connectivity index (χ3n) is 3.21. The maximum absolute atomic E-state index is 11.8. The normalized spacial score (nSPS) is 11.2. The van der Waals surface area contributed by atoms with Crippen LogP contribution < -0.4 is 5.32 Å². The van der Waals surface area contributed by atoms with Gasteiger partial charge in [-0.05, 0) is 37.1 Å². The van der Waals surface area contributed by atoms with E-state index >= 15 is 0 Å². The zero-order chi connectivity index (χ0) is 14.5. The molecule has 0 heterocycles. The van der Waals surface area contributed by atoms with Crippen LogP contribution in [0.15, 0.2) is 28.7 Å². The lowest BCUT2D eigenvalue weighted by atomic mass is 9.97. The molecule has 0 saturated carbocycles. The molecule has 0 spiro atoms. The largest absolute Gasteiger partial charge is 0.388 e. The third kappa shape index (κ3) is 4.44. The van der Waals surface area contributed by atoms with E-state index in [1.54, 1.807) is 24.3 Å². The van der Waals surface area contributed by atoms with E-state index in [2.05, 4.69) is 21.2 Å². The van der Waals surface area contributed by atoms with Crippen LogP contribution in [0.25, 0.3) is 0 Å². The highest BCUT2D eigenvalue weighted by atomic mass is 79.9. The molecule has 1 aromatic carbocycles. The van der Waals surface area contributed by atoms with Crippen molar-refractivity contribution in [2.75, 3.05) is 6.54 Å². The summed E-state index contributed by atoms with van der Waals surface area (Å²) in [6.07, 6.45) is 1.05. The number of benzene rings is 1. The molecule has 104 valence electrons. The molecule has 1 aromatic rings. The summed E-state index contributed by atoms with van der Waals surface area (Å²) < 4.78 is 0.843. The number of carbonyl (C=O) groups excluding carboxylic acids is 2. The van der Waals surface area contributed by atoms with Gasteiger partial charge in [0.1, 0.15) is 0 Å². The smallest absolute Gasteiger partial charge is 0.292 e. The van der Waals surface area contributed by atoms with Crippen molar-refractivity contribution in [3.8, 4) is 0 Å². The summed E-state index contributed by atoms with van der Waals surface area (Å²) in [5.41, 5.74) is -0.618. The summed E-state index contributed by atoms with van der Waals surface area (Å²) in [5, 5.41) is 12.5. The Kier molecular flexibility index (Phi) is 5.69. The molecule has 0 bridgehead atoms. The van der Waals surface area contributed by atoms with Gasteiger partial charge in [-0.3, -0.25) is 9.59 Å². The number of ketones is 1. The van der Waals surface area contributed by atoms with Crippen molar-refractivity contribution < 1.29 is 14.7 Å². The van der Waals surface area contributed by atoms with E-state index in [1.807, 2.05) is 13.8 Å². The number of halogens is 1. The molecule has 0 aromatic heterocycles. The Labute approximate surface area is 121 Å². The lowest BCUT2D eigenvalue weighted by molar-refractivity contribution is -0.118. The van der Waals surface area contributed by atoms with Crippen LogP contribution in [0.4, 0.5) is 0 Å². The molecule has 0 fully saturated rings. The van der Waals surface area contributed by atoms with Crippen LogP contribution in [0.2, 0.25) is 0 Å². The van der Waals surface area contributed by atoms with Gasteiger partial charge in [0, 0.05) is 16.6 Å². The first-order chi connectivity index (χ1) is 8.91.